The molecule has 0 aromatic carbocycles. The minimum absolute atomic E-state index is 0.0101. The zero-order chi connectivity index (χ0) is 12.8. The molecule has 6 heteroatoms. The van der Waals surface area contributed by atoms with E-state index in [2.05, 4.69) is 0 Å². The summed E-state index contributed by atoms with van der Waals surface area (Å²) < 4.78 is 29.4. The molecule has 4 nitrogen and oxygen atoms in total. The van der Waals surface area contributed by atoms with E-state index in [9.17, 15) is 13.6 Å². The molecule has 0 radical (unpaired) electrons. The number of methoxy groups -OCH3 is 1. The zero-order valence-electron chi connectivity index (χ0n) is 9.87. The number of hydrogen-bond donors (Lipinski definition) is 1. The molecular weight excluding hydrogens is 220 g/mol. The second-order valence-electron chi connectivity index (χ2n) is 4.10. The average Bonchev–Trinajstić information content (AvgIpc) is 2.16. The van der Waals surface area contributed by atoms with Crippen molar-refractivity contribution in [1.29, 1.82) is 0 Å². The summed E-state index contributed by atoms with van der Waals surface area (Å²) in [7, 11) is 1.46. The molecule has 1 N–H and O–H groups in total. The number of ether oxygens (including phenoxy) is 1. The van der Waals surface area contributed by atoms with Crippen molar-refractivity contribution in [3.63, 3.8) is 0 Å². The molecule has 0 heterocycles. The number of hydrogen-bond acceptors (Lipinski definition) is 3. The fraction of sp³-hybridized carbons (Fsp3) is 0.900. The third-order valence-corrected chi connectivity index (χ3v) is 2.21. The molecule has 0 aromatic rings. The highest BCUT2D eigenvalue weighted by molar-refractivity contribution is 5.77. The summed E-state index contributed by atoms with van der Waals surface area (Å²) >= 11 is 0. The maximum Gasteiger partial charge on any atom is 0.255 e. The van der Waals surface area contributed by atoms with Crippen LogP contribution in [0.5, 0.6) is 0 Å². The van der Waals surface area contributed by atoms with Crippen LogP contribution < -0.4 is 0 Å². The Balaban J connectivity index is 4.37. The van der Waals surface area contributed by atoms with Gasteiger partial charge < -0.3 is 14.7 Å². The van der Waals surface area contributed by atoms with Gasteiger partial charge in [-0.05, 0) is 13.8 Å². The first kappa shape index (κ1) is 15.2. The monoisotopic (exact) mass is 239 g/mol. The van der Waals surface area contributed by atoms with Gasteiger partial charge in [-0.1, -0.05) is 0 Å². The van der Waals surface area contributed by atoms with Crippen molar-refractivity contribution >= 4 is 5.91 Å². The van der Waals surface area contributed by atoms with Crippen LogP contribution in [0.15, 0.2) is 0 Å². The van der Waals surface area contributed by atoms with Gasteiger partial charge >= 0.3 is 0 Å². The number of amides is 1. The molecule has 0 aliphatic rings. The van der Waals surface area contributed by atoms with Crippen molar-refractivity contribution in [1.82, 2.24) is 4.90 Å². The summed E-state index contributed by atoms with van der Waals surface area (Å²) in [6.07, 6.45) is -2.59. The molecule has 96 valence electrons. The minimum atomic E-state index is -2.60. The van der Waals surface area contributed by atoms with Crippen LogP contribution in [-0.4, -0.2) is 54.7 Å². The maximum atomic E-state index is 12.2. The quantitative estimate of drug-likeness (QED) is 0.717. The number of alkyl halides is 2. The molecule has 0 aliphatic heterocycles. The Morgan fingerprint density at radius 1 is 1.50 bits per heavy atom. The third-order valence-electron chi connectivity index (χ3n) is 2.21. The van der Waals surface area contributed by atoms with Gasteiger partial charge in [0.05, 0.1) is 25.2 Å². The fourth-order valence-electron chi connectivity index (χ4n) is 1.15. The topological polar surface area (TPSA) is 49.8 Å². The summed E-state index contributed by atoms with van der Waals surface area (Å²) in [5.74, 6) is -0.443. The number of aliphatic hydroxyl groups is 1. The molecule has 16 heavy (non-hydrogen) atoms. The molecule has 0 fully saturated rings. The Hall–Kier alpha value is -0.750. The van der Waals surface area contributed by atoms with Crippen LogP contribution in [0.1, 0.15) is 20.3 Å². The molecule has 0 spiro atoms. The lowest BCUT2D eigenvalue weighted by Crippen LogP contribution is -2.41. The Bertz CT molecular complexity index is 222. The number of carbonyl (C=O) groups is 1. The molecule has 1 amide bonds. The summed E-state index contributed by atoms with van der Waals surface area (Å²) in [5.41, 5.74) is -0.688. The highest BCUT2D eigenvalue weighted by atomic mass is 19.3. The summed E-state index contributed by atoms with van der Waals surface area (Å²) in [6, 6.07) is 0. The lowest BCUT2D eigenvalue weighted by Gasteiger charge is -2.27. The van der Waals surface area contributed by atoms with Crippen LogP contribution in [0.2, 0.25) is 0 Å². The Morgan fingerprint density at radius 2 is 2.06 bits per heavy atom. The zero-order valence-corrected chi connectivity index (χ0v) is 9.87. The van der Waals surface area contributed by atoms with Gasteiger partial charge in [0.25, 0.3) is 6.43 Å². The normalized spacial score (nSPS) is 11.9. The predicted molar refractivity (Wildman–Crippen MR) is 55.4 cm³/mol. The van der Waals surface area contributed by atoms with E-state index < -0.39 is 24.5 Å². The van der Waals surface area contributed by atoms with Crippen LogP contribution in [0.25, 0.3) is 0 Å². The minimum Gasteiger partial charge on any atom is -0.395 e. The van der Waals surface area contributed by atoms with Gasteiger partial charge in [0.1, 0.15) is 0 Å². The summed E-state index contributed by atoms with van der Waals surface area (Å²) in [4.78, 5) is 12.6. The summed E-state index contributed by atoms with van der Waals surface area (Å²) in [6.45, 7) is 2.34. The van der Waals surface area contributed by atoms with E-state index in [1.54, 1.807) is 13.8 Å². The smallest absolute Gasteiger partial charge is 0.255 e. The van der Waals surface area contributed by atoms with E-state index in [-0.39, 0.29) is 19.6 Å². The highest BCUT2D eigenvalue weighted by Gasteiger charge is 2.26. The Morgan fingerprint density at radius 3 is 2.44 bits per heavy atom. The first-order valence-corrected chi connectivity index (χ1v) is 5.04. The van der Waals surface area contributed by atoms with E-state index in [1.807, 2.05) is 0 Å². The molecule has 0 bridgehead atoms. The molecule has 0 aliphatic carbocycles. The largest absolute Gasteiger partial charge is 0.395 e. The van der Waals surface area contributed by atoms with Gasteiger partial charge in [-0.2, -0.15) is 0 Å². The number of aliphatic hydroxyl groups excluding tert-OH is 1. The molecule has 0 rings (SSSR count). The molecular formula is C10H19F2NO3. The first-order valence-electron chi connectivity index (χ1n) is 5.04. The van der Waals surface area contributed by atoms with Crippen LogP contribution in [0, 0.1) is 0 Å². The fourth-order valence-corrected chi connectivity index (χ4v) is 1.15. The van der Waals surface area contributed by atoms with Crippen molar-refractivity contribution in [2.45, 2.75) is 32.3 Å². The van der Waals surface area contributed by atoms with Gasteiger partial charge in [-0.15, -0.1) is 0 Å². The second kappa shape index (κ2) is 6.75. The predicted octanol–water partition coefficient (Wildman–Crippen LogP) is 0.887. The molecule has 0 saturated carbocycles. The lowest BCUT2D eigenvalue weighted by atomic mass is 10.0. The van der Waals surface area contributed by atoms with Gasteiger partial charge in [0.15, 0.2) is 0 Å². The number of halogens is 2. The number of carbonyl (C=O) groups excluding carboxylic acids is 1. The van der Waals surface area contributed by atoms with Gasteiger partial charge in [0, 0.05) is 13.7 Å². The van der Waals surface area contributed by atoms with Gasteiger partial charge in [-0.3, -0.25) is 4.79 Å². The van der Waals surface area contributed by atoms with Crippen molar-refractivity contribution in [3.05, 3.63) is 0 Å². The van der Waals surface area contributed by atoms with Crippen molar-refractivity contribution in [2.75, 3.05) is 26.8 Å². The Kier molecular flexibility index (Phi) is 6.43. The lowest BCUT2D eigenvalue weighted by molar-refractivity contribution is -0.139. The van der Waals surface area contributed by atoms with E-state index in [1.165, 1.54) is 7.11 Å². The van der Waals surface area contributed by atoms with E-state index in [0.717, 1.165) is 4.90 Å². The van der Waals surface area contributed by atoms with E-state index in [4.69, 9.17) is 9.84 Å². The van der Waals surface area contributed by atoms with Crippen molar-refractivity contribution in [3.8, 4) is 0 Å². The highest BCUT2D eigenvalue weighted by Crippen LogP contribution is 2.15. The second-order valence-corrected chi connectivity index (χ2v) is 4.10. The van der Waals surface area contributed by atoms with Crippen molar-refractivity contribution < 1.29 is 23.4 Å². The maximum absolute atomic E-state index is 12.2. The Labute approximate surface area is 94.2 Å². The van der Waals surface area contributed by atoms with Crippen LogP contribution in [-0.2, 0) is 9.53 Å². The molecule has 0 aromatic heterocycles. The molecule has 0 unspecified atom stereocenters. The van der Waals surface area contributed by atoms with Gasteiger partial charge in [-0.25, -0.2) is 8.78 Å². The molecule has 0 atom stereocenters. The molecule has 0 saturated heterocycles. The van der Waals surface area contributed by atoms with Crippen LogP contribution in [0.3, 0.4) is 0 Å². The van der Waals surface area contributed by atoms with E-state index >= 15 is 0 Å². The first-order chi connectivity index (χ1) is 7.32. The SMILES string of the molecule is COC(C)(C)CC(=O)N(CCO)CC(F)F. The van der Waals surface area contributed by atoms with E-state index in [0.29, 0.717) is 0 Å². The number of nitrogens with zero attached hydrogens (tertiary/aromatic N) is 1. The third kappa shape index (κ3) is 5.97. The van der Waals surface area contributed by atoms with Crippen LogP contribution >= 0.6 is 0 Å². The number of rotatable bonds is 7. The standard InChI is InChI=1S/C10H19F2NO3/c1-10(2,16-3)6-9(15)13(4-5-14)7-8(11)12/h8,14H,4-7H2,1-3H3. The van der Waals surface area contributed by atoms with Gasteiger partial charge in [0.2, 0.25) is 5.91 Å². The van der Waals surface area contributed by atoms with Crippen molar-refractivity contribution in [2.24, 2.45) is 0 Å². The summed E-state index contributed by atoms with van der Waals surface area (Å²) in [5, 5.41) is 8.68. The average molecular weight is 239 g/mol. The van der Waals surface area contributed by atoms with Crippen LogP contribution in [0.4, 0.5) is 8.78 Å².